The van der Waals surface area contributed by atoms with Crippen LogP contribution in [0.2, 0.25) is 0 Å². The molecule has 0 fully saturated rings. The van der Waals surface area contributed by atoms with Crippen molar-refractivity contribution in [2.24, 2.45) is 4.40 Å². The highest BCUT2D eigenvalue weighted by molar-refractivity contribution is 7.90. The van der Waals surface area contributed by atoms with Gasteiger partial charge in [-0.25, -0.2) is 9.59 Å². The molecule has 26 heavy (non-hydrogen) atoms. The Bertz CT molecular complexity index is 997. The van der Waals surface area contributed by atoms with Gasteiger partial charge in [-0.1, -0.05) is 12.1 Å². The molecule has 2 aromatic rings. The minimum Gasteiger partial charge on any atom is -0.465 e. The van der Waals surface area contributed by atoms with E-state index in [-0.39, 0.29) is 17.3 Å². The predicted molar refractivity (Wildman–Crippen MR) is 97.4 cm³/mol. The molecule has 0 saturated heterocycles. The number of hydrogen-bond donors (Lipinski definition) is 3. The second kappa shape index (κ2) is 7.14. The lowest BCUT2D eigenvalue weighted by Gasteiger charge is -2.18. The molecule has 0 radical (unpaired) electrons. The van der Waals surface area contributed by atoms with Crippen molar-refractivity contribution >= 4 is 49.9 Å². The van der Waals surface area contributed by atoms with E-state index in [1.165, 1.54) is 19.2 Å². The maximum absolute atomic E-state index is 12.1. The molecule has 0 saturated carbocycles. The van der Waals surface area contributed by atoms with E-state index in [2.05, 4.69) is 25.1 Å². The van der Waals surface area contributed by atoms with Crippen LogP contribution in [0.25, 0.3) is 0 Å². The standard InChI is InChI=1S/C15H14N4O5S2/c1-24-14(20)10-6-7-13(25-10)18-15(21)16-8-12-17-9-4-2-3-5-11(9)26(22,23)19-12/h2-7H,8H2,1H3,(H,17,19)(H2,16,18,21). The van der Waals surface area contributed by atoms with Crippen molar-refractivity contribution in [2.45, 2.75) is 4.90 Å². The lowest BCUT2D eigenvalue weighted by atomic mass is 10.3. The van der Waals surface area contributed by atoms with E-state index in [9.17, 15) is 18.0 Å². The molecule has 2 amide bonds. The van der Waals surface area contributed by atoms with E-state index in [0.717, 1.165) is 11.3 Å². The van der Waals surface area contributed by atoms with Crippen LogP contribution in [0.4, 0.5) is 15.5 Å². The Morgan fingerprint density at radius 2 is 2.00 bits per heavy atom. The van der Waals surface area contributed by atoms with Crippen LogP contribution in [-0.4, -0.2) is 39.9 Å². The van der Waals surface area contributed by atoms with Crippen molar-refractivity contribution in [1.82, 2.24) is 5.32 Å². The van der Waals surface area contributed by atoms with E-state index in [1.807, 2.05) is 0 Å². The number of nitrogens with one attached hydrogen (secondary N) is 3. The third kappa shape index (κ3) is 3.83. The fourth-order valence-corrected chi connectivity index (χ4v) is 4.14. The number of rotatable bonds is 4. The van der Waals surface area contributed by atoms with E-state index in [4.69, 9.17) is 0 Å². The van der Waals surface area contributed by atoms with E-state index in [1.54, 1.807) is 24.3 Å². The van der Waals surface area contributed by atoms with Crippen LogP contribution < -0.4 is 16.0 Å². The van der Waals surface area contributed by atoms with Gasteiger partial charge in [-0.3, -0.25) is 5.32 Å². The maximum Gasteiger partial charge on any atom is 0.348 e. The first-order valence-electron chi connectivity index (χ1n) is 7.32. The lowest BCUT2D eigenvalue weighted by Crippen LogP contribution is -2.37. The number of esters is 1. The monoisotopic (exact) mass is 394 g/mol. The lowest BCUT2D eigenvalue weighted by molar-refractivity contribution is 0.0606. The zero-order chi connectivity index (χ0) is 18.7. The molecule has 1 aromatic carbocycles. The minimum atomic E-state index is -3.80. The zero-order valence-corrected chi connectivity index (χ0v) is 15.1. The van der Waals surface area contributed by atoms with Gasteiger partial charge in [0.25, 0.3) is 10.0 Å². The number of fused-ring (bicyclic) bond motifs is 1. The number of amides is 2. The van der Waals surface area contributed by atoms with Crippen molar-refractivity contribution < 1.29 is 22.7 Å². The number of amidine groups is 1. The van der Waals surface area contributed by atoms with E-state index < -0.39 is 22.0 Å². The number of nitrogens with zero attached hydrogens (tertiary/aromatic N) is 1. The van der Waals surface area contributed by atoms with Crippen LogP contribution >= 0.6 is 11.3 Å². The number of benzene rings is 1. The summed E-state index contributed by atoms with van der Waals surface area (Å²) in [6, 6.07) is 8.89. The van der Waals surface area contributed by atoms with E-state index >= 15 is 0 Å². The Morgan fingerprint density at radius 3 is 2.77 bits per heavy atom. The molecule has 1 aliphatic rings. The number of hydrogen-bond acceptors (Lipinski definition) is 7. The number of anilines is 2. The highest BCUT2D eigenvalue weighted by Crippen LogP contribution is 2.26. The van der Waals surface area contributed by atoms with Gasteiger partial charge in [-0.05, 0) is 24.3 Å². The average molecular weight is 394 g/mol. The van der Waals surface area contributed by atoms with Gasteiger partial charge < -0.3 is 15.4 Å². The minimum absolute atomic E-state index is 0.0853. The van der Waals surface area contributed by atoms with Crippen molar-refractivity contribution in [2.75, 3.05) is 24.3 Å². The SMILES string of the molecule is COC(=O)c1ccc(NC(=O)NCC2=NS(=O)(=O)c3ccccc3N2)s1. The first-order chi connectivity index (χ1) is 12.4. The molecular formula is C15H14N4O5S2. The van der Waals surface area contributed by atoms with Crippen LogP contribution in [0.1, 0.15) is 9.67 Å². The van der Waals surface area contributed by atoms with E-state index in [0.29, 0.717) is 15.6 Å². The number of ether oxygens (including phenoxy) is 1. The molecule has 1 aliphatic heterocycles. The van der Waals surface area contributed by atoms with Gasteiger partial charge >= 0.3 is 12.0 Å². The fourth-order valence-electron chi connectivity index (χ4n) is 2.18. The molecule has 3 N–H and O–H groups in total. The van der Waals surface area contributed by atoms with Gasteiger partial charge in [0, 0.05) is 0 Å². The zero-order valence-electron chi connectivity index (χ0n) is 13.5. The van der Waals surface area contributed by atoms with Gasteiger partial charge in [-0.2, -0.15) is 8.42 Å². The summed E-state index contributed by atoms with van der Waals surface area (Å²) >= 11 is 1.06. The van der Waals surface area contributed by atoms with Crippen molar-refractivity contribution in [3.05, 3.63) is 41.3 Å². The molecule has 9 nitrogen and oxygen atoms in total. The predicted octanol–water partition coefficient (Wildman–Crippen LogP) is 1.87. The van der Waals surface area contributed by atoms with Crippen LogP contribution in [0, 0.1) is 0 Å². The Morgan fingerprint density at radius 1 is 1.23 bits per heavy atom. The second-order valence-corrected chi connectivity index (χ2v) is 7.75. The molecule has 0 bridgehead atoms. The van der Waals surface area contributed by atoms with Crippen LogP contribution in [0.5, 0.6) is 0 Å². The third-order valence-corrected chi connectivity index (χ3v) is 5.67. The maximum atomic E-state index is 12.1. The molecule has 2 heterocycles. The Kier molecular flexibility index (Phi) is 4.91. The Labute approximate surface area is 153 Å². The molecule has 1 aromatic heterocycles. The fraction of sp³-hybridized carbons (Fsp3) is 0.133. The summed E-state index contributed by atoms with van der Waals surface area (Å²) in [6.45, 7) is -0.116. The molecule has 0 unspecified atom stereocenters. The van der Waals surface area contributed by atoms with Gasteiger partial charge in [0.2, 0.25) is 0 Å². The topological polar surface area (TPSA) is 126 Å². The summed E-state index contributed by atoms with van der Waals surface area (Å²) in [5.41, 5.74) is 0.403. The average Bonchev–Trinajstić information content (AvgIpc) is 3.07. The number of thiophene rings is 1. The molecule has 0 spiro atoms. The Hall–Kier alpha value is -2.92. The van der Waals surface area contributed by atoms with Gasteiger partial charge in [0.15, 0.2) is 0 Å². The molecule has 11 heteroatoms. The summed E-state index contributed by atoms with van der Waals surface area (Å²) in [7, 11) is -2.53. The summed E-state index contributed by atoms with van der Waals surface area (Å²) in [6.07, 6.45) is 0. The van der Waals surface area contributed by atoms with Gasteiger partial charge in [-0.15, -0.1) is 15.7 Å². The third-order valence-electron chi connectivity index (χ3n) is 3.32. The van der Waals surface area contributed by atoms with Crippen molar-refractivity contribution in [3.63, 3.8) is 0 Å². The van der Waals surface area contributed by atoms with Crippen LogP contribution in [0.3, 0.4) is 0 Å². The van der Waals surface area contributed by atoms with Crippen molar-refractivity contribution in [3.8, 4) is 0 Å². The highest BCUT2D eigenvalue weighted by atomic mass is 32.2. The quantitative estimate of drug-likeness (QED) is 0.680. The van der Waals surface area contributed by atoms with Gasteiger partial charge in [0.05, 0.1) is 24.3 Å². The van der Waals surface area contributed by atoms with Crippen LogP contribution in [-0.2, 0) is 14.8 Å². The second-order valence-electron chi connectivity index (χ2n) is 5.10. The summed E-state index contributed by atoms with van der Waals surface area (Å²) < 4.78 is 32.5. The number of carbonyl (C=O) groups excluding carboxylic acids is 2. The van der Waals surface area contributed by atoms with Crippen LogP contribution in [0.15, 0.2) is 45.7 Å². The summed E-state index contributed by atoms with van der Waals surface area (Å²) in [4.78, 5) is 23.8. The van der Waals surface area contributed by atoms with Crippen molar-refractivity contribution in [1.29, 1.82) is 0 Å². The molecule has 3 rings (SSSR count). The number of para-hydroxylation sites is 1. The Balaban J connectivity index is 1.61. The first-order valence-corrected chi connectivity index (χ1v) is 9.57. The summed E-state index contributed by atoms with van der Waals surface area (Å²) in [5, 5.41) is 8.37. The molecule has 0 atom stereocenters. The molecule has 0 aliphatic carbocycles. The smallest absolute Gasteiger partial charge is 0.348 e. The molecular weight excluding hydrogens is 380 g/mol. The number of urea groups is 1. The highest BCUT2D eigenvalue weighted by Gasteiger charge is 2.24. The largest absolute Gasteiger partial charge is 0.465 e. The normalized spacial score (nSPS) is 14.4. The summed E-state index contributed by atoms with van der Waals surface area (Å²) in [5.74, 6) is -0.395. The number of carbonyl (C=O) groups is 2. The van der Waals surface area contributed by atoms with Gasteiger partial charge in [0.1, 0.15) is 15.6 Å². The number of sulfonamides is 1. The number of methoxy groups -OCH3 is 1. The molecule has 136 valence electrons. The first kappa shape index (κ1) is 17.9.